The van der Waals surface area contributed by atoms with Gasteiger partial charge in [-0.3, -0.25) is 9.78 Å². The smallest absolute Gasteiger partial charge is 0.311 e. The van der Waals surface area contributed by atoms with Crippen LogP contribution in [-0.2, 0) is 6.18 Å². The minimum absolute atomic E-state index is 0.116. The highest BCUT2D eigenvalue weighted by Gasteiger charge is 2.34. The van der Waals surface area contributed by atoms with E-state index in [-0.39, 0.29) is 16.5 Å². The number of nitrogens with zero attached hydrogens (tertiary/aromatic N) is 2. The average Bonchev–Trinajstić information content (AvgIpc) is 2.76. The Morgan fingerprint density at radius 2 is 1.65 bits per heavy atom. The Balaban J connectivity index is 1.96. The lowest BCUT2D eigenvalue weighted by molar-refractivity contribution is -0.136. The summed E-state index contributed by atoms with van der Waals surface area (Å²) in [6.07, 6.45) is -3.44. The molecule has 1 aromatic heterocycles. The first kappa shape index (κ1) is 20.5. The predicted octanol–water partition coefficient (Wildman–Crippen LogP) is 6.34. The summed E-state index contributed by atoms with van der Waals surface area (Å²) in [6, 6.07) is 18.0. The first-order valence-electron chi connectivity index (χ1n) is 9.35. The molecule has 0 radical (unpaired) electrons. The van der Waals surface area contributed by atoms with Crippen LogP contribution in [0.15, 0.2) is 79.0 Å². The maximum atomic E-state index is 13.6. The van der Waals surface area contributed by atoms with E-state index in [1.54, 1.807) is 36.4 Å². The number of pyridine rings is 1. The average molecular weight is 424 g/mol. The summed E-state index contributed by atoms with van der Waals surface area (Å²) in [6.45, 7) is 0. The van der Waals surface area contributed by atoms with Gasteiger partial charge in [-0.2, -0.15) is 13.2 Å². The van der Waals surface area contributed by atoms with Crippen LogP contribution in [0.25, 0.3) is 22.0 Å². The Labute approximate surface area is 175 Å². The normalized spacial score (nSPS) is 11.5. The molecule has 0 aliphatic carbocycles. The highest BCUT2D eigenvalue weighted by molar-refractivity contribution is 6.14. The van der Waals surface area contributed by atoms with Crippen LogP contribution < -0.4 is 4.90 Å². The van der Waals surface area contributed by atoms with Gasteiger partial charge >= 0.3 is 6.18 Å². The maximum Gasteiger partial charge on any atom is 0.418 e. The van der Waals surface area contributed by atoms with Gasteiger partial charge < -0.3 is 4.90 Å². The third-order valence-electron chi connectivity index (χ3n) is 5.00. The Hall–Kier alpha value is -3.74. The second-order valence-electron chi connectivity index (χ2n) is 6.96. The summed E-state index contributed by atoms with van der Waals surface area (Å²) in [5, 5.41) is 0.208. The Bertz CT molecular complexity index is 1270. The third kappa shape index (κ3) is 3.86. The predicted molar refractivity (Wildman–Crippen MR) is 111 cm³/mol. The molecule has 3 aromatic carbocycles. The summed E-state index contributed by atoms with van der Waals surface area (Å²) in [5.41, 5.74) is 0.228. The number of aromatic nitrogens is 1. The molecule has 156 valence electrons. The van der Waals surface area contributed by atoms with Crippen LogP contribution in [0.5, 0.6) is 0 Å². The monoisotopic (exact) mass is 424 g/mol. The first-order chi connectivity index (χ1) is 14.8. The number of alkyl halides is 3. The molecule has 0 aliphatic rings. The van der Waals surface area contributed by atoms with Gasteiger partial charge in [-0.05, 0) is 29.8 Å². The van der Waals surface area contributed by atoms with Crippen molar-refractivity contribution >= 4 is 22.5 Å². The number of carbonyl (C=O) groups is 1. The molecular formula is C24H16F4N2O. The second-order valence-corrected chi connectivity index (χ2v) is 6.96. The number of hydrogen-bond donors (Lipinski definition) is 0. The van der Waals surface area contributed by atoms with Crippen molar-refractivity contribution < 1.29 is 22.4 Å². The number of rotatable bonds is 3. The van der Waals surface area contributed by atoms with Crippen molar-refractivity contribution in [2.24, 2.45) is 0 Å². The van der Waals surface area contributed by atoms with Gasteiger partial charge in [0.25, 0.3) is 5.91 Å². The van der Waals surface area contributed by atoms with Crippen LogP contribution in [0.3, 0.4) is 0 Å². The SMILES string of the molecule is CN(C(=O)c1cnc2c(C(F)(F)F)cccc2c1-c1ccccc1)c1cccc(F)c1. The van der Waals surface area contributed by atoms with Crippen molar-refractivity contribution in [1.29, 1.82) is 0 Å². The number of anilines is 1. The van der Waals surface area contributed by atoms with Crippen LogP contribution in [0.1, 0.15) is 15.9 Å². The third-order valence-corrected chi connectivity index (χ3v) is 5.00. The second kappa shape index (κ2) is 7.83. The summed E-state index contributed by atoms with van der Waals surface area (Å²) in [7, 11) is 1.47. The zero-order chi connectivity index (χ0) is 22.2. The van der Waals surface area contributed by atoms with Gasteiger partial charge in [0, 0.05) is 29.9 Å². The van der Waals surface area contributed by atoms with Gasteiger partial charge in [0.2, 0.25) is 0 Å². The number of benzene rings is 3. The summed E-state index contributed by atoms with van der Waals surface area (Å²) >= 11 is 0. The van der Waals surface area contributed by atoms with E-state index in [0.717, 1.165) is 12.3 Å². The minimum atomic E-state index is -4.59. The lowest BCUT2D eigenvalue weighted by Crippen LogP contribution is -2.27. The quantitative estimate of drug-likeness (QED) is 0.360. The molecule has 0 fully saturated rings. The van der Waals surface area contributed by atoms with E-state index in [4.69, 9.17) is 0 Å². The molecule has 0 atom stereocenters. The van der Waals surface area contributed by atoms with Gasteiger partial charge in [-0.25, -0.2) is 4.39 Å². The number of amides is 1. The van der Waals surface area contributed by atoms with Crippen LogP contribution in [0, 0.1) is 5.82 Å². The minimum Gasteiger partial charge on any atom is -0.311 e. The molecule has 0 aliphatic heterocycles. The van der Waals surface area contributed by atoms with E-state index in [1.807, 2.05) is 0 Å². The zero-order valence-corrected chi connectivity index (χ0v) is 16.3. The Morgan fingerprint density at radius 1 is 0.935 bits per heavy atom. The molecule has 1 heterocycles. The van der Waals surface area contributed by atoms with E-state index >= 15 is 0 Å². The molecule has 4 aromatic rings. The summed E-state index contributed by atoms with van der Waals surface area (Å²) in [4.78, 5) is 18.6. The standard InChI is InChI=1S/C24H16F4N2O/c1-30(17-10-5-9-16(25)13-17)23(31)19-14-29-22-18(11-6-12-20(22)24(26,27)28)21(19)15-7-3-2-4-8-15/h2-14H,1H3. The van der Waals surface area contributed by atoms with Crippen molar-refractivity contribution in [2.45, 2.75) is 6.18 Å². The number of halogens is 4. The van der Waals surface area contributed by atoms with E-state index in [2.05, 4.69) is 4.98 Å². The van der Waals surface area contributed by atoms with Crippen molar-refractivity contribution in [3.63, 3.8) is 0 Å². The molecule has 0 unspecified atom stereocenters. The van der Waals surface area contributed by atoms with E-state index in [0.29, 0.717) is 16.8 Å². The van der Waals surface area contributed by atoms with Crippen LogP contribution in [-0.4, -0.2) is 17.9 Å². The molecule has 1 amide bonds. The number of fused-ring (bicyclic) bond motifs is 1. The van der Waals surface area contributed by atoms with Crippen molar-refractivity contribution in [2.75, 3.05) is 11.9 Å². The Morgan fingerprint density at radius 3 is 2.32 bits per heavy atom. The fourth-order valence-electron chi connectivity index (χ4n) is 3.51. The molecule has 7 heteroatoms. The fraction of sp³-hybridized carbons (Fsp3) is 0.0833. The van der Waals surface area contributed by atoms with Gasteiger partial charge in [-0.1, -0.05) is 48.5 Å². The topological polar surface area (TPSA) is 33.2 Å². The number of carbonyl (C=O) groups excluding carboxylic acids is 1. The molecule has 0 spiro atoms. The van der Waals surface area contributed by atoms with Gasteiger partial charge in [-0.15, -0.1) is 0 Å². The molecular weight excluding hydrogens is 408 g/mol. The van der Waals surface area contributed by atoms with E-state index in [1.165, 1.54) is 42.3 Å². The highest BCUT2D eigenvalue weighted by atomic mass is 19.4. The number of hydrogen-bond acceptors (Lipinski definition) is 2. The molecule has 0 N–H and O–H groups in total. The molecule has 4 rings (SSSR count). The molecule has 31 heavy (non-hydrogen) atoms. The number of para-hydroxylation sites is 1. The van der Waals surface area contributed by atoms with Gasteiger partial charge in [0.15, 0.2) is 0 Å². The fourth-order valence-corrected chi connectivity index (χ4v) is 3.51. The first-order valence-corrected chi connectivity index (χ1v) is 9.35. The van der Waals surface area contributed by atoms with Crippen molar-refractivity contribution in [3.05, 3.63) is 95.9 Å². The van der Waals surface area contributed by atoms with E-state index in [9.17, 15) is 22.4 Å². The maximum absolute atomic E-state index is 13.6. The van der Waals surface area contributed by atoms with Gasteiger partial charge in [0.1, 0.15) is 5.82 Å². The molecule has 0 saturated heterocycles. The Kier molecular flexibility index (Phi) is 5.19. The zero-order valence-electron chi connectivity index (χ0n) is 16.3. The summed E-state index contributed by atoms with van der Waals surface area (Å²) < 4.78 is 54.3. The van der Waals surface area contributed by atoms with Crippen molar-refractivity contribution in [3.8, 4) is 11.1 Å². The largest absolute Gasteiger partial charge is 0.418 e. The van der Waals surface area contributed by atoms with Crippen LogP contribution in [0.2, 0.25) is 0 Å². The van der Waals surface area contributed by atoms with Gasteiger partial charge in [0.05, 0.1) is 16.6 Å². The summed E-state index contributed by atoms with van der Waals surface area (Å²) in [5.74, 6) is -1.02. The lowest BCUT2D eigenvalue weighted by atomic mass is 9.94. The molecule has 0 bridgehead atoms. The lowest BCUT2D eigenvalue weighted by Gasteiger charge is -2.21. The molecule has 3 nitrogen and oxygen atoms in total. The van der Waals surface area contributed by atoms with Crippen LogP contribution >= 0.6 is 0 Å². The highest BCUT2D eigenvalue weighted by Crippen LogP contribution is 2.38. The molecule has 0 saturated carbocycles. The van der Waals surface area contributed by atoms with E-state index < -0.39 is 23.5 Å². The van der Waals surface area contributed by atoms with Crippen LogP contribution in [0.4, 0.5) is 23.2 Å². The van der Waals surface area contributed by atoms with Crippen molar-refractivity contribution in [1.82, 2.24) is 4.98 Å².